The van der Waals surface area contributed by atoms with Crippen molar-refractivity contribution in [2.24, 2.45) is 10.7 Å². The lowest BCUT2D eigenvalue weighted by Gasteiger charge is -2.32. The van der Waals surface area contributed by atoms with Crippen LogP contribution in [0.4, 0.5) is 10.1 Å². The summed E-state index contributed by atoms with van der Waals surface area (Å²) in [5.74, 6) is 0.0928. The van der Waals surface area contributed by atoms with Crippen molar-refractivity contribution in [3.63, 3.8) is 0 Å². The maximum Gasteiger partial charge on any atom is 0.184 e. The molecule has 2 atom stereocenters. The van der Waals surface area contributed by atoms with E-state index in [4.69, 9.17) is 19.9 Å². The standard InChI is InChI=1S/C23H22FN3O3/c1-27-19-11-17(29-2)6-7-18(19)22(14-4-3-5-16(24)10-14)26-12-20(27)21(25)23(28)15-8-9-30-13-15/h3-11,13,20-21H,12,25H2,1-2H3. The van der Waals surface area contributed by atoms with E-state index in [0.717, 1.165) is 11.3 Å². The van der Waals surface area contributed by atoms with Crippen molar-refractivity contribution in [2.75, 3.05) is 25.6 Å². The molecular weight excluding hydrogens is 385 g/mol. The summed E-state index contributed by atoms with van der Waals surface area (Å²) < 4.78 is 24.3. The SMILES string of the molecule is COc1ccc2c(c1)N(C)C(C(N)C(=O)c1ccoc1)CN=C2c1cccc(F)c1. The third kappa shape index (κ3) is 3.59. The van der Waals surface area contributed by atoms with E-state index in [1.165, 1.54) is 24.7 Å². The van der Waals surface area contributed by atoms with E-state index in [9.17, 15) is 9.18 Å². The summed E-state index contributed by atoms with van der Waals surface area (Å²) in [6.45, 7) is 0.268. The van der Waals surface area contributed by atoms with Gasteiger partial charge in [0.05, 0.1) is 43.3 Å². The number of ether oxygens (including phenoxy) is 1. The number of carbonyl (C=O) groups excluding carboxylic acids is 1. The molecule has 1 aliphatic rings. The van der Waals surface area contributed by atoms with Gasteiger partial charge in [0.2, 0.25) is 0 Å². The van der Waals surface area contributed by atoms with Gasteiger partial charge >= 0.3 is 0 Å². The topological polar surface area (TPSA) is 81.1 Å². The molecule has 0 fully saturated rings. The monoisotopic (exact) mass is 407 g/mol. The molecular formula is C23H22FN3O3. The summed E-state index contributed by atoms with van der Waals surface area (Å²) in [5.41, 5.74) is 9.72. The lowest BCUT2D eigenvalue weighted by Crippen LogP contribution is -2.52. The number of furan rings is 1. The van der Waals surface area contributed by atoms with Crippen molar-refractivity contribution in [1.82, 2.24) is 0 Å². The maximum atomic E-state index is 13.9. The molecule has 7 heteroatoms. The zero-order chi connectivity index (χ0) is 21.3. The first kappa shape index (κ1) is 19.8. The number of likely N-dealkylation sites (N-methyl/N-ethyl adjacent to an activating group) is 1. The number of fused-ring (bicyclic) bond motifs is 1. The van der Waals surface area contributed by atoms with Gasteiger partial charge in [0.15, 0.2) is 5.78 Å². The molecule has 2 heterocycles. The predicted molar refractivity (Wildman–Crippen MR) is 113 cm³/mol. The summed E-state index contributed by atoms with van der Waals surface area (Å²) in [4.78, 5) is 19.6. The number of halogens is 1. The molecule has 0 saturated heterocycles. The van der Waals surface area contributed by atoms with Crippen LogP contribution in [-0.2, 0) is 0 Å². The highest BCUT2D eigenvalue weighted by Gasteiger charge is 2.33. The maximum absolute atomic E-state index is 13.9. The molecule has 0 bridgehead atoms. The Kier molecular flexibility index (Phi) is 5.37. The van der Waals surface area contributed by atoms with Crippen LogP contribution in [0, 0.1) is 5.82 Å². The molecule has 0 amide bonds. The van der Waals surface area contributed by atoms with Gasteiger partial charge in [0, 0.05) is 29.9 Å². The fourth-order valence-electron chi connectivity index (χ4n) is 3.71. The number of aliphatic imine (C=N–C) groups is 1. The number of hydrogen-bond acceptors (Lipinski definition) is 6. The molecule has 0 saturated carbocycles. The third-order valence-electron chi connectivity index (χ3n) is 5.39. The highest BCUT2D eigenvalue weighted by Crippen LogP contribution is 2.32. The highest BCUT2D eigenvalue weighted by molar-refractivity contribution is 6.16. The second-order valence-electron chi connectivity index (χ2n) is 7.16. The second kappa shape index (κ2) is 8.12. The van der Waals surface area contributed by atoms with Gasteiger partial charge < -0.3 is 19.8 Å². The molecule has 1 aliphatic heterocycles. The van der Waals surface area contributed by atoms with Gasteiger partial charge in [-0.25, -0.2) is 4.39 Å². The number of Topliss-reactive ketones (excluding diaryl/α,β-unsaturated/α-hetero) is 1. The van der Waals surface area contributed by atoms with Gasteiger partial charge in [0.1, 0.15) is 17.8 Å². The lowest BCUT2D eigenvalue weighted by molar-refractivity contribution is 0.0949. The van der Waals surface area contributed by atoms with Gasteiger partial charge in [-0.3, -0.25) is 9.79 Å². The van der Waals surface area contributed by atoms with Crippen molar-refractivity contribution in [1.29, 1.82) is 0 Å². The highest BCUT2D eigenvalue weighted by atomic mass is 19.1. The van der Waals surface area contributed by atoms with Crippen molar-refractivity contribution in [2.45, 2.75) is 12.1 Å². The summed E-state index contributed by atoms with van der Waals surface area (Å²) in [6.07, 6.45) is 2.83. The summed E-state index contributed by atoms with van der Waals surface area (Å²) in [5, 5.41) is 0. The van der Waals surface area contributed by atoms with E-state index in [-0.39, 0.29) is 18.1 Å². The Labute approximate surface area is 173 Å². The molecule has 0 radical (unpaired) electrons. The molecule has 6 nitrogen and oxygen atoms in total. The Hall–Kier alpha value is -3.45. The Bertz CT molecular complexity index is 1090. The van der Waals surface area contributed by atoms with Gasteiger partial charge in [-0.1, -0.05) is 12.1 Å². The summed E-state index contributed by atoms with van der Waals surface area (Å²) in [7, 11) is 3.46. The normalized spacial score (nSPS) is 17.0. The van der Waals surface area contributed by atoms with Crippen molar-refractivity contribution in [3.05, 3.63) is 83.6 Å². The number of carbonyl (C=O) groups is 1. The number of anilines is 1. The van der Waals surface area contributed by atoms with Crippen LogP contribution in [0.5, 0.6) is 5.75 Å². The quantitative estimate of drug-likeness (QED) is 0.657. The van der Waals surface area contributed by atoms with Crippen LogP contribution in [0.1, 0.15) is 21.5 Å². The number of nitrogens with two attached hydrogens (primary N) is 1. The first-order valence-corrected chi connectivity index (χ1v) is 9.53. The number of benzodiazepines with no additional fused rings is 1. The van der Waals surface area contributed by atoms with E-state index in [0.29, 0.717) is 22.6 Å². The van der Waals surface area contributed by atoms with Gasteiger partial charge in [0.25, 0.3) is 0 Å². The van der Waals surface area contributed by atoms with Crippen LogP contribution >= 0.6 is 0 Å². The minimum Gasteiger partial charge on any atom is -0.497 e. The van der Waals surface area contributed by atoms with E-state index < -0.39 is 12.1 Å². The van der Waals surface area contributed by atoms with E-state index in [2.05, 4.69) is 0 Å². The van der Waals surface area contributed by atoms with Crippen LogP contribution < -0.4 is 15.4 Å². The number of hydrogen-bond donors (Lipinski definition) is 1. The Balaban J connectivity index is 1.80. The molecule has 154 valence electrons. The minimum absolute atomic E-state index is 0.227. The molecule has 30 heavy (non-hydrogen) atoms. The minimum atomic E-state index is -0.831. The number of benzene rings is 2. The molecule has 2 aromatic carbocycles. The molecule has 2 N–H and O–H groups in total. The Morgan fingerprint density at radius 3 is 2.83 bits per heavy atom. The number of methoxy groups -OCH3 is 1. The van der Waals surface area contributed by atoms with Crippen LogP contribution in [0.15, 0.2) is 70.5 Å². The van der Waals surface area contributed by atoms with Gasteiger partial charge in [-0.05, 0) is 30.3 Å². The molecule has 4 rings (SSSR count). The second-order valence-corrected chi connectivity index (χ2v) is 7.16. The van der Waals surface area contributed by atoms with Crippen molar-refractivity contribution in [3.8, 4) is 5.75 Å². The van der Waals surface area contributed by atoms with E-state index in [1.54, 1.807) is 19.2 Å². The number of ketones is 1. The van der Waals surface area contributed by atoms with Gasteiger partial charge in [-0.15, -0.1) is 0 Å². The fraction of sp³-hybridized carbons (Fsp3) is 0.217. The van der Waals surface area contributed by atoms with Crippen LogP contribution in [0.3, 0.4) is 0 Å². The fourth-order valence-corrected chi connectivity index (χ4v) is 3.71. The summed E-state index contributed by atoms with van der Waals surface area (Å²) in [6, 6.07) is 12.2. The van der Waals surface area contributed by atoms with Crippen LogP contribution in [0.2, 0.25) is 0 Å². The first-order valence-electron chi connectivity index (χ1n) is 9.53. The average molecular weight is 407 g/mol. The molecule has 0 aliphatic carbocycles. The lowest BCUT2D eigenvalue weighted by atomic mass is 9.98. The van der Waals surface area contributed by atoms with Crippen molar-refractivity contribution < 1.29 is 18.3 Å². The van der Waals surface area contributed by atoms with Crippen LogP contribution in [-0.4, -0.2) is 44.3 Å². The Morgan fingerprint density at radius 2 is 2.13 bits per heavy atom. The molecule has 2 unspecified atom stereocenters. The molecule has 0 spiro atoms. The van der Waals surface area contributed by atoms with E-state index >= 15 is 0 Å². The van der Waals surface area contributed by atoms with Crippen LogP contribution in [0.25, 0.3) is 0 Å². The largest absolute Gasteiger partial charge is 0.497 e. The predicted octanol–water partition coefficient (Wildman–Crippen LogP) is 3.29. The number of rotatable bonds is 5. The zero-order valence-corrected chi connectivity index (χ0v) is 16.7. The zero-order valence-electron chi connectivity index (χ0n) is 16.7. The van der Waals surface area contributed by atoms with E-state index in [1.807, 2.05) is 36.2 Å². The third-order valence-corrected chi connectivity index (χ3v) is 5.39. The Morgan fingerprint density at radius 1 is 1.30 bits per heavy atom. The summed E-state index contributed by atoms with van der Waals surface area (Å²) >= 11 is 0. The molecule has 3 aromatic rings. The first-order chi connectivity index (χ1) is 14.5. The number of nitrogens with zero attached hydrogens (tertiary/aromatic N) is 2. The van der Waals surface area contributed by atoms with Crippen molar-refractivity contribution >= 4 is 17.2 Å². The van der Waals surface area contributed by atoms with Gasteiger partial charge in [-0.2, -0.15) is 0 Å². The smallest absolute Gasteiger partial charge is 0.184 e. The molecule has 1 aromatic heterocycles. The average Bonchev–Trinajstić information content (AvgIpc) is 3.25.